The first-order chi connectivity index (χ1) is 9.10. The normalized spacial score (nSPS) is 10.8. The zero-order valence-corrected chi connectivity index (χ0v) is 12.6. The number of unbranched alkanes of at least 4 members (excludes halogenated alkanes) is 2. The van der Waals surface area contributed by atoms with Crippen LogP contribution in [0.25, 0.3) is 0 Å². The highest BCUT2D eigenvalue weighted by Crippen LogP contribution is 2.24. The zero-order valence-electron chi connectivity index (χ0n) is 12.6. The van der Waals surface area contributed by atoms with Crippen LogP contribution in [0.3, 0.4) is 0 Å². The molecule has 0 aliphatic rings. The summed E-state index contributed by atoms with van der Waals surface area (Å²) in [6.45, 7) is 10.1. The van der Waals surface area contributed by atoms with E-state index in [9.17, 15) is 0 Å². The molecule has 0 aliphatic carbocycles. The van der Waals surface area contributed by atoms with Gasteiger partial charge >= 0.3 is 0 Å². The average Bonchev–Trinajstić information content (AvgIpc) is 2.37. The lowest BCUT2D eigenvalue weighted by molar-refractivity contribution is 0.329. The Hall–Kier alpha value is -1.45. The number of nitrogens with two attached hydrogens (primary N) is 1. The van der Waals surface area contributed by atoms with Crippen LogP contribution in [0, 0.1) is 0 Å². The third kappa shape index (κ3) is 4.62. The fraction of sp³-hybridized carbons (Fsp3) is 0.667. The number of pyridine rings is 1. The lowest BCUT2D eigenvalue weighted by Crippen LogP contribution is -2.32. The molecule has 0 fully saturated rings. The van der Waals surface area contributed by atoms with Crippen LogP contribution in [0.4, 0.5) is 11.5 Å². The Morgan fingerprint density at radius 2 is 2.00 bits per heavy atom. The number of nitrogens with zero attached hydrogens (tertiary/aromatic N) is 2. The molecule has 1 rings (SSSR count). The Balaban J connectivity index is 2.86. The fourth-order valence-corrected chi connectivity index (χ4v) is 2.02. The van der Waals surface area contributed by atoms with E-state index in [1.54, 1.807) is 0 Å². The molecule has 1 aromatic heterocycles. The van der Waals surface area contributed by atoms with Crippen molar-refractivity contribution in [1.29, 1.82) is 0 Å². The van der Waals surface area contributed by atoms with Gasteiger partial charge in [0.2, 0.25) is 5.88 Å². The topological polar surface area (TPSA) is 51.4 Å². The van der Waals surface area contributed by atoms with Crippen molar-refractivity contribution < 1.29 is 4.74 Å². The minimum atomic E-state index is 0.419. The van der Waals surface area contributed by atoms with Crippen LogP contribution in [0.5, 0.6) is 5.88 Å². The summed E-state index contributed by atoms with van der Waals surface area (Å²) in [6, 6.07) is 4.27. The highest BCUT2D eigenvalue weighted by atomic mass is 16.5. The summed E-state index contributed by atoms with van der Waals surface area (Å²) in [5.74, 6) is 1.49. The van der Waals surface area contributed by atoms with Crippen molar-refractivity contribution in [2.24, 2.45) is 0 Å². The van der Waals surface area contributed by atoms with E-state index in [1.807, 2.05) is 19.1 Å². The molecule has 0 bridgehead atoms. The van der Waals surface area contributed by atoms with Gasteiger partial charge in [0, 0.05) is 12.6 Å². The van der Waals surface area contributed by atoms with Crippen molar-refractivity contribution in [3.63, 3.8) is 0 Å². The molecule has 0 unspecified atom stereocenters. The second kappa shape index (κ2) is 7.87. The molecule has 0 radical (unpaired) electrons. The Morgan fingerprint density at radius 3 is 2.58 bits per heavy atom. The van der Waals surface area contributed by atoms with E-state index in [2.05, 4.69) is 30.7 Å². The van der Waals surface area contributed by atoms with Crippen LogP contribution in [-0.4, -0.2) is 24.2 Å². The summed E-state index contributed by atoms with van der Waals surface area (Å²) in [5.41, 5.74) is 6.47. The van der Waals surface area contributed by atoms with Gasteiger partial charge in [0.1, 0.15) is 5.82 Å². The van der Waals surface area contributed by atoms with Gasteiger partial charge in [0.15, 0.2) is 0 Å². The molecule has 0 aliphatic heterocycles. The van der Waals surface area contributed by atoms with Crippen molar-refractivity contribution >= 4 is 11.5 Å². The maximum absolute atomic E-state index is 5.87. The third-order valence-corrected chi connectivity index (χ3v) is 3.08. The molecule has 1 heterocycles. The van der Waals surface area contributed by atoms with E-state index in [1.165, 1.54) is 19.3 Å². The molecular formula is C15H27N3O. The van der Waals surface area contributed by atoms with E-state index in [0.717, 1.165) is 12.4 Å². The minimum Gasteiger partial charge on any atom is -0.476 e. The summed E-state index contributed by atoms with van der Waals surface area (Å²) in [5, 5.41) is 0. The number of nitrogen functional groups attached to an aromatic ring is 1. The average molecular weight is 265 g/mol. The highest BCUT2D eigenvalue weighted by Gasteiger charge is 2.13. The molecule has 1 aromatic rings. The van der Waals surface area contributed by atoms with Gasteiger partial charge in [-0.1, -0.05) is 19.8 Å². The molecule has 2 N–H and O–H groups in total. The van der Waals surface area contributed by atoms with Crippen molar-refractivity contribution in [2.75, 3.05) is 23.8 Å². The van der Waals surface area contributed by atoms with E-state index >= 15 is 0 Å². The van der Waals surface area contributed by atoms with E-state index in [0.29, 0.717) is 24.2 Å². The van der Waals surface area contributed by atoms with Gasteiger partial charge in [0.05, 0.1) is 12.3 Å². The molecule has 19 heavy (non-hydrogen) atoms. The van der Waals surface area contributed by atoms with Crippen molar-refractivity contribution in [3.8, 4) is 5.88 Å². The number of ether oxygens (including phenoxy) is 1. The summed E-state index contributed by atoms with van der Waals surface area (Å²) < 4.78 is 5.47. The Labute approximate surface area is 117 Å². The molecule has 0 saturated carbocycles. The number of hydrogen-bond acceptors (Lipinski definition) is 4. The van der Waals surface area contributed by atoms with Gasteiger partial charge in [-0.25, -0.2) is 0 Å². The molecule has 0 amide bonds. The van der Waals surface area contributed by atoms with Crippen molar-refractivity contribution in [2.45, 2.75) is 53.0 Å². The number of rotatable bonds is 8. The quantitative estimate of drug-likeness (QED) is 0.731. The van der Waals surface area contributed by atoms with Crippen molar-refractivity contribution in [1.82, 2.24) is 4.98 Å². The molecule has 0 atom stereocenters. The molecule has 4 nitrogen and oxygen atoms in total. The predicted molar refractivity (Wildman–Crippen MR) is 81.8 cm³/mol. The van der Waals surface area contributed by atoms with Crippen LogP contribution < -0.4 is 15.4 Å². The first kappa shape index (κ1) is 15.6. The highest BCUT2D eigenvalue weighted by molar-refractivity contribution is 5.54. The second-order valence-corrected chi connectivity index (χ2v) is 4.99. The first-order valence-corrected chi connectivity index (χ1v) is 7.26. The maximum Gasteiger partial charge on any atom is 0.239 e. The minimum absolute atomic E-state index is 0.419. The van der Waals surface area contributed by atoms with Crippen LogP contribution in [0.15, 0.2) is 12.1 Å². The van der Waals surface area contributed by atoms with Crippen LogP contribution in [0.1, 0.15) is 47.0 Å². The van der Waals surface area contributed by atoms with Gasteiger partial charge in [-0.2, -0.15) is 4.98 Å². The molecule has 4 heteroatoms. The summed E-state index contributed by atoms with van der Waals surface area (Å²) >= 11 is 0. The standard InChI is InChI=1S/C15H27N3O/c1-5-7-8-11-18(12(3)4)14-10-9-13(16)15(17-14)19-6-2/h9-10,12H,5-8,11,16H2,1-4H3. The summed E-state index contributed by atoms with van der Waals surface area (Å²) in [4.78, 5) is 6.84. The zero-order chi connectivity index (χ0) is 14.3. The molecule has 0 spiro atoms. The number of hydrogen-bond donors (Lipinski definition) is 1. The Morgan fingerprint density at radius 1 is 1.26 bits per heavy atom. The monoisotopic (exact) mass is 265 g/mol. The number of aromatic nitrogens is 1. The summed E-state index contributed by atoms with van der Waals surface area (Å²) in [7, 11) is 0. The maximum atomic E-state index is 5.87. The van der Waals surface area contributed by atoms with E-state index in [4.69, 9.17) is 10.5 Å². The third-order valence-electron chi connectivity index (χ3n) is 3.08. The SMILES string of the molecule is CCCCCN(c1ccc(N)c(OCC)n1)C(C)C. The second-order valence-electron chi connectivity index (χ2n) is 4.99. The van der Waals surface area contributed by atoms with Gasteiger partial charge in [-0.15, -0.1) is 0 Å². The van der Waals surface area contributed by atoms with Crippen LogP contribution >= 0.6 is 0 Å². The lowest BCUT2D eigenvalue weighted by Gasteiger charge is -2.28. The molecule has 108 valence electrons. The van der Waals surface area contributed by atoms with Crippen LogP contribution in [-0.2, 0) is 0 Å². The van der Waals surface area contributed by atoms with E-state index < -0.39 is 0 Å². The fourth-order valence-electron chi connectivity index (χ4n) is 2.02. The summed E-state index contributed by atoms with van der Waals surface area (Å²) in [6.07, 6.45) is 3.66. The molecular weight excluding hydrogens is 238 g/mol. The van der Waals surface area contributed by atoms with Gasteiger partial charge in [-0.05, 0) is 39.3 Å². The first-order valence-electron chi connectivity index (χ1n) is 7.26. The van der Waals surface area contributed by atoms with Crippen molar-refractivity contribution in [3.05, 3.63) is 12.1 Å². The van der Waals surface area contributed by atoms with Gasteiger partial charge in [-0.3, -0.25) is 0 Å². The van der Waals surface area contributed by atoms with Crippen LogP contribution in [0.2, 0.25) is 0 Å². The smallest absolute Gasteiger partial charge is 0.239 e. The molecule has 0 aromatic carbocycles. The van der Waals surface area contributed by atoms with Gasteiger partial charge < -0.3 is 15.4 Å². The largest absolute Gasteiger partial charge is 0.476 e. The van der Waals surface area contributed by atoms with Gasteiger partial charge in [0.25, 0.3) is 0 Å². The lowest BCUT2D eigenvalue weighted by atomic mass is 10.2. The number of anilines is 2. The van der Waals surface area contributed by atoms with E-state index in [-0.39, 0.29) is 0 Å². The predicted octanol–water partition coefficient (Wildman–Crippen LogP) is 3.47. The Bertz CT molecular complexity index is 380. The Kier molecular flexibility index (Phi) is 6.46. The molecule has 0 saturated heterocycles.